The summed E-state index contributed by atoms with van der Waals surface area (Å²) in [5.41, 5.74) is 3.49. The second kappa shape index (κ2) is 6.80. The molecule has 0 aliphatic carbocycles. The van der Waals surface area contributed by atoms with Gasteiger partial charge in [0.1, 0.15) is 5.82 Å². The van der Waals surface area contributed by atoms with Crippen LogP contribution < -0.4 is 16.6 Å². The zero-order valence-corrected chi connectivity index (χ0v) is 12.4. The number of nitrogens with one attached hydrogen (secondary N) is 2. The lowest BCUT2D eigenvalue weighted by molar-refractivity contribution is 0.573. The number of hydrogen-bond donors (Lipinski definition) is 3. The van der Waals surface area contributed by atoms with Gasteiger partial charge < -0.3 is 5.32 Å². The topological polar surface area (TPSA) is 75.9 Å². The maximum absolute atomic E-state index is 5.32. The molecule has 0 aliphatic heterocycles. The molecule has 0 saturated carbocycles. The minimum atomic E-state index is 0.258. The van der Waals surface area contributed by atoms with Crippen LogP contribution in [0.4, 0.5) is 11.8 Å². The molecule has 0 spiro atoms. The summed E-state index contributed by atoms with van der Waals surface area (Å²) in [6.45, 7) is 7.33. The summed E-state index contributed by atoms with van der Waals surface area (Å²) in [7, 11) is 0. The summed E-state index contributed by atoms with van der Waals surface area (Å²) in [5.74, 6) is 6.60. The van der Waals surface area contributed by atoms with E-state index in [0.717, 1.165) is 30.8 Å². The average Bonchev–Trinajstić information content (AvgIpc) is 2.42. The molecule has 0 atom stereocenters. The SMILES string of the molecule is CCC(CC)(CNc1nc(NN)ncc1C)SC. The minimum absolute atomic E-state index is 0.258. The van der Waals surface area contributed by atoms with Crippen molar-refractivity contribution in [3.05, 3.63) is 11.8 Å². The third-order valence-electron chi connectivity index (χ3n) is 3.40. The van der Waals surface area contributed by atoms with E-state index < -0.39 is 0 Å². The predicted octanol–water partition coefficient (Wildman–Crippen LogP) is 2.40. The molecule has 0 bridgehead atoms. The summed E-state index contributed by atoms with van der Waals surface area (Å²) < 4.78 is 0.258. The monoisotopic (exact) mass is 269 g/mol. The van der Waals surface area contributed by atoms with Gasteiger partial charge in [0.25, 0.3) is 0 Å². The molecule has 0 amide bonds. The number of aryl methyl sites for hydroxylation is 1. The van der Waals surface area contributed by atoms with Gasteiger partial charge >= 0.3 is 0 Å². The number of anilines is 2. The van der Waals surface area contributed by atoms with Crippen LogP contribution in [0.15, 0.2) is 6.20 Å². The van der Waals surface area contributed by atoms with Gasteiger partial charge in [0.15, 0.2) is 0 Å². The molecule has 1 aromatic rings. The van der Waals surface area contributed by atoms with E-state index in [4.69, 9.17) is 5.84 Å². The van der Waals surface area contributed by atoms with Crippen molar-refractivity contribution in [1.29, 1.82) is 0 Å². The number of thioether (sulfide) groups is 1. The Morgan fingerprint density at radius 1 is 1.39 bits per heavy atom. The largest absolute Gasteiger partial charge is 0.368 e. The van der Waals surface area contributed by atoms with E-state index in [1.807, 2.05) is 18.7 Å². The van der Waals surface area contributed by atoms with E-state index in [1.54, 1.807) is 6.20 Å². The van der Waals surface area contributed by atoms with Gasteiger partial charge in [-0.1, -0.05) is 13.8 Å². The highest BCUT2D eigenvalue weighted by Crippen LogP contribution is 2.30. The van der Waals surface area contributed by atoms with Crippen LogP contribution in [0, 0.1) is 6.92 Å². The van der Waals surface area contributed by atoms with Crippen LogP contribution in [0.2, 0.25) is 0 Å². The van der Waals surface area contributed by atoms with Gasteiger partial charge in [0.05, 0.1) is 0 Å². The van der Waals surface area contributed by atoms with Gasteiger partial charge in [-0.2, -0.15) is 16.7 Å². The lowest BCUT2D eigenvalue weighted by Crippen LogP contribution is -2.32. The highest BCUT2D eigenvalue weighted by Gasteiger charge is 2.24. The third-order valence-corrected chi connectivity index (χ3v) is 4.99. The molecular weight excluding hydrogens is 246 g/mol. The summed E-state index contributed by atoms with van der Waals surface area (Å²) >= 11 is 1.91. The van der Waals surface area contributed by atoms with E-state index in [9.17, 15) is 0 Å². The number of aromatic nitrogens is 2. The van der Waals surface area contributed by atoms with Crippen LogP contribution in [-0.4, -0.2) is 27.5 Å². The van der Waals surface area contributed by atoms with Crippen molar-refractivity contribution in [2.24, 2.45) is 5.84 Å². The van der Waals surface area contributed by atoms with Crippen LogP contribution in [0.5, 0.6) is 0 Å². The van der Waals surface area contributed by atoms with Gasteiger partial charge in [-0.3, -0.25) is 5.43 Å². The zero-order chi connectivity index (χ0) is 13.6. The van der Waals surface area contributed by atoms with Gasteiger partial charge in [-0.15, -0.1) is 0 Å². The molecule has 1 heterocycles. The first-order valence-corrected chi connectivity index (χ1v) is 7.42. The van der Waals surface area contributed by atoms with Crippen molar-refractivity contribution in [3.8, 4) is 0 Å². The van der Waals surface area contributed by atoms with Gasteiger partial charge in [0.2, 0.25) is 5.95 Å². The minimum Gasteiger partial charge on any atom is -0.368 e. The zero-order valence-electron chi connectivity index (χ0n) is 11.6. The molecular formula is C12H23N5S. The Hall–Kier alpha value is -1.01. The molecule has 5 nitrogen and oxygen atoms in total. The van der Waals surface area contributed by atoms with Crippen LogP contribution in [-0.2, 0) is 0 Å². The van der Waals surface area contributed by atoms with Gasteiger partial charge in [0, 0.05) is 23.1 Å². The lowest BCUT2D eigenvalue weighted by atomic mass is 10.0. The highest BCUT2D eigenvalue weighted by molar-refractivity contribution is 8.00. The predicted molar refractivity (Wildman–Crippen MR) is 79.9 cm³/mol. The quantitative estimate of drug-likeness (QED) is 0.521. The molecule has 0 aliphatic rings. The Balaban J connectivity index is 2.78. The Labute approximate surface area is 113 Å². The first-order valence-electron chi connectivity index (χ1n) is 6.20. The van der Waals surface area contributed by atoms with Gasteiger partial charge in [-0.25, -0.2) is 10.8 Å². The Kier molecular flexibility index (Phi) is 5.68. The number of hydrazine groups is 1. The van der Waals surface area contributed by atoms with Crippen molar-refractivity contribution in [2.75, 3.05) is 23.5 Å². The molecule has 0 aromatic carbocycles. The van der Waals surface area contributed by atoms with Crippen LogP contribution in [0.3, 0.4) is 0 Å². The standard InChI is InChI=1S/C12H23N5S/c1-5-12(6-2,18-4)8-15-10-9(3)7-14-11(16-10)17-13/h7H,5-6,8,13H2,1-4H3,(H2,14,15,16,17). The number of hydrogen-bond acceptors (Lipinski definition) is 6. The smallest absolute Gasteiger partial charge is 0.239 e. The van der Waals surface area contributed by atoms with Gasteiger partial charge in [-0.05, 0) is 26.0 Å². The normalized spacial score (nSPS) is 11.4. The van der Waals surface area contributed by atoms with Crippen LogP contribution in [0.1, 0.15) is 32.3 Å². The summed E-state index contributed by atoms with van der Waals surface area (Å²) in [4.78, 5) is 8.40. The van der Waals surface area contributed by atoms with E-state index in [1.165, 1.54) is 0 Å². The molecule has 0 saturated heterocycles. The molecule has 1 rings (SSSR count). The number of nitrogens with zero attached hydrogens (tertiary/aromatic N) is 2. The molecule has 102 valence electrons. The van der Waals surface area contributed by atoms with Crippen molar-refractivity contribution in [3.63, 3.8) is 0 Å². The van der Waals surface area contributed by atoms with Crippen molar-refractivity contribution in [1.82, 2.24) is 9.97 Å². The van der Waals surface area contributed by atoms with E-state index >= 15 is 0 Å². The highest BCUT2D eigenvalue weighted by atomic mass is 32.2. The van der Waals surface area contributed by atoms with Crippen molar-refractivity contribution >= 4 is 23.5 Å². The van der Waals surface area contributed by atoms with E-state index in [0.29, 0.717) is 5.95 Å². The molecule has 1 aromatic heterocycles. The number of rotatable bonds is 7. The summed E-state index contributed by atoms with van der Waals surface area (Å²) in [6, 6.07) is 0. The average molecular weight is 269 g/mol. The van der Waals surface area contributed by atoms with Crippen molar-refractivity contribution in [2.45, 2.75) is 38.4 Å². The fourth-order valence-electron chi connectivity index (χ4n) is 1.80. The Bertz CT molecular complexity index is 370. The maximum Gasteiger partial charge on any atom is 0.239 e. The molecule has 0 fully saturated rings. The Morgan fingerprint density at radius 2 is 2.06 bits per heavy atom. The van der Waals surface area contributed by atoms with Crippen LogP contribution >= 0.6 is 11.8 Å². The summed E-state index contributed by atoms with van der Waals surface area (Å²) in [6.07, 6.45) is 6.19. The van der Waals surface area contributed by atoms with E-state index in [-0.39, 0.29) is 4.75 Å². The molecule has 0 unspecified atom stereocenters. The number of nitrogens with two attached hydrogens (primary N) is 1. The molecule has 18 heavy (non-hydrogen) atoms. The number of nitrogen functional groups attached to an aromatic ring is 1. The fraction of sp³-hybridized carbons (Fsp3) is 0.667. The second-order valence-electron chi connectivity index (χ2n) is 4.32. The summed E-state index contributed by atoms with van der Waals surface area (Å²) in [5, 5.41) is 3.41. The molecule has 0 radical (unpaired) electrons. The lowest BCUT2D eigenvalue weighted by Gasteiger charge is -2.30. The third kappa shape index (κ3) is 3.49. The first-order chi connectivity index (χ1) is 8.60. The Morgan fingerprint density at radius 3 is 2.56 bits per heavy atom. The van der Waals surface area contributed by atoms with Crippen LogP contribution in [0.25, 0.3) is 0 Å². The molecule has 6 heteroatoms. The first kappa shape index (κ1) is 15.0. The fourth-order valence-corrected chi connectivity index (χ4v) is 2.59. The molecule has 4 N–H and O–H groups in total. The van der Waals surface area contributed by atoms with Crippen molar-refractivity contribution < 1.29 is 0 Å². The van der Waals surface area contributed by atoms with E-state index in [2.05, 4.69) is 40.8 Å². The maximum atomic E-state index is 5.32. The second-order valence-corrected chi connectivity index (χ2v) is 5.59.